The van der Waals surface area contributed by atoms with Gasteiger partial charge in [0, 0.05) is 12.8 Å². The van der Waals surface area contributed by atoms with Crippen molar-refractivity contribution in [1.82, 2.24) is 5.32 Å². The van der Waals surface area contributed by atoms with E-state index in [9.17, 15) is 19.8 Å². The van der Waals surface area contributed by atoms with Crippen molar-refractivity contribution in [1.29, 1.82) is 0 Å². The highest BCUT2D eigenvalue weighted by Gasteiger charge is 2.18. The summed E-state index contributed by atoms with van der Waals surface area (Å²) < 4.78 is 5.49. The van der Waals surface area contributed by atoms with Gasteiger partial charge in [0.1, 0.15) is 0 Å². The lowest BCUT2D eigenvalue weighted by Gasteiger charge is -2.20. The zero-order valence-electron chi connectivity index (χ0n) is 54.1. The molecule has 0 rings (SSSR count). The van der Waals surface area contributed by atoms with Gasteiger partial charge in [-0.3, -0.25) is 9.59 Å². The second-order valence-electron chi connectivity index (χ2n) is 24.9. The zero-order chi connectivity index (χ0) is 57.8. The molecule has 0 aliphatic rings. The fourth-order valence-corrected chi connectivity index (χ4v) is 11.3. The molecule has 0 heterocycles. The van der Waals surface area contributed by atoms with Crippen molar-refractivity contribution >= 4 is 11.9 Å². The Kier molecular flexibility index (Phi) is 67.9. The Morgan fingerprint density at radius 1 is 0.338 bits per heavy atom. The van der Waals surface area contributed by atoms with E-state index in [1.807, 2.05) is 6.08 Å². The van der Waals surface area contributed by atoms with Crippen LogP contribution < -0.4 is 5.32 Å². The summed E-state index contributed by atoms with van der Waals surface area (Å²) in [5.41, 5.74) is 0. The summed E-state index contributed by atoms with van der Waals surface area (Å²) in [6, 6.07) is -0.630. The van der Waals surface area contributed by atoms with Gasteiger partial charge in [0.15, 0.2) is 0 Å². The van der Waals surface area contributed by atoms with Crippen LogP contribution in [0, 0.1) is 0 Å². The average Bonchev–Trinajstić information content (AvgIpc) is 3.46. The van der Waals surface area contributed by atoms with Crippen molar-refractivity contribution in [3.05, 3.63) is 36.5 Å². The molecule has 0 aromatic heterocycles. The zero-order valence-corrected chi connectivity index (χ0v) is 54.1. The topological polar surface area (TPSA) is 95.9 Å². The van der Waals surface area contributed by atoms with E-state index < -0.39 is 12.1 Å². The Hall–Kier alpha value is -1.92. The summed E-state index contributed by atoms with van der Waals surface area (Å²) in [5.74, 6) is -0.0578. The van der Waals surface area contributed by atoms with E-state index in [-0.39, 0.29) is 18.5 Å². The molecule has 0 aliphatic heterocycles. The number of ether oxygens (including phenoxy) is 1. The molecule has 1 amide bonds. The highest BCUT2D eigenvalue weighted by molar-refractivity contribution is 5.76. The molecular weight excluding hydrogens is 983 g/mol. The fraction of sp³-hybridized carbons (Fsp3) is 0.892. The number of unbranched alkanes of at least 4 members (excludes halogenated alkanes) is 53. The first-order chi connectivity index (χ1) is 39.5. The summed E-state index contributed by atoms with van der Waals surface area (Å²) in [4.78, 5) is 24.6. The van der Waals surface area contributed by atoms with Crippen LogP contribution in [0.5, 0.6) is 0 Å². The molecule has 0 aliphatic carbocycles. The smallest absolute Gasteiger partial charge is 0.305 e. The SMILES string of the molecule is CCCCCCCC/C=C\CCCCCCCC(=O)OCCCCCCCCCCCCCC/C=C\CCCCCCCCCCCCCC(=O)NC(CO)C(O)/C=C/CCCCCCCCCCCCCCCCCCCCC. The number of nitrogens with one attached hydrogen (secondary N) is 1. The van der Waals surface area contributed by atoms with E-state index in [0.29, 0.717) is 19.4 Å². The minimum Gasteiger partial charge on any atom is -0.466 e. The minimum absolute atomic E-state index is 0.00732. The third-order valence-corrected chi connectivity index (χ3v) is 16.9. The molecule has 472 valence electrons. The molecule has 0 bridgehead atoms. The molecule has 0 saturated heterocycles. The average molecular weight is 1120 g/mol. The number of rotatable bonds is 68. The highest BCUT2D eigenvalue weighted by Crippen LogP contribution is 2.18. The van der Waals surface area contributed by atoms with E-state index in [4.69, 9.17) is 4.74 Å². The van der Waals surface area contributed by atoms with Gasteiger partial charge < -0.3 is 20.3 Å². The molecule has 3 N–H and O–H groups in total. The molecular formula is C74H141NO5. The van der Waals surface area contributed by atoms with Crippen LogP contribution in [-0.4, -0.2) is 47.4 Å². The second-order valence-corrected chi connectivity index (χ2v) is 24.9. The van der Waals surface area contributed by atoms with Crippen LogP contribution in [0.3, 0.4) is 0 Å². The lowest BCUT2D eigenvalue weighted by atomic mass is 10.0. The first-order valence-electron chi connectivity index (χ1n) is 36.3. The summed E-state index contributed by atoms with van der Waals surface area (Å²) in [6.45, 7) is 4.93. The van der Waals surface area contributed by atoms with Gasteiger partial charge in [0.05, 0.1) is 25.4 Å². The van der Waals surface area contributed by atoms with Crippen LogP contribution in [0.15, 0.2) is 36.5 Å². The lowest BCUT2D eigenvalue weighted by Crippen LogP contribution is -2.45. The summed E-state index contributed by atoms with van der Waals surface area (Å²) >= 11 is 0. The van der Waals surface area contributed by atoms with Gasteiger partial charge in [-0.1, -0.05) is 339 Å². The molecule has 80 heavy (non-hydrogen) atoms. The van der Waals surface area contributed by atoms with Gasteiger partial charge in [-0.15, -0.1) is 0 Å². The fourth-order valence-electron chi connectivity index (χ4n) is 11.3. The molecule has 2 unspecified atom stereocenters. The van der Waals surface area contributed by atoms with Gasteiger partial charge in [0.25, 0.3) is 0 Å². The van der Waals surface area contributed by atoms with Crippen LogP contribution in [0.25, 0.3) is 0 Å². The Morgan fingerprint density at radius 3 is 0.887 bits per heavy atom. The van der Waals surface area contributed by atoms with Crippen LogP contribution in [-0.2, 0) is 14.3 Å². The predicted octanol–water partition coefficient (Wildman–Crippen LogP) is 23.5. The summed E-state index contributed by atoms with van der Waals surface area (Å²) in [5, 5.41) is 23.3. The maximum atomic E-state index is 12.5. The Labute approximate surface area is 500 Å². The van der Waals surface area contributed by atoms with Crippen LogP contribution >= 0.6 is 0 Å². The number of allylic oxidation sites excluding steroid dienone is 5. The maximum Gasteiger partial charge on any atom is 0.305 e. The Balaban J connectivity index is 3.41. The third-order valence-electron chi connectivity index (χ3n) is 16.9. The second kappa shape index (κ2) is 69.6. The molecule has 0 saturated carbocycles. The molecule has 0 aromatic rings. The van der Waals surface area contributed by atoms with Gasteiger partial charge in [0.2, 0.25) is 5.91 Å². The molecule has 6 nitrogen and oxygen atoms in total. The predicted molar refractivity (Wildman–Crippen MR) is 352 cm³/mol. The number of aliphatic hydroxyl groups is 2. The number of aliphatic hydroxyl groups excluding tert-OH is 2. The first kappa shape index (κ1) is 78.1. The van der Waals surface area contributed by atoms with Crippen LogP contribution in [0.1, 0.15) is 399 Å². The van der Waals surface area contributed by atoms with Crippen LogP contribution in [0.4, 0.5) is 0 Å². The van der Waals surface area contributed by atoms with Crippen molar-refractivity contribution < 1.29 is 24.5 Å². The highest BCUT2D eigenvalue weighted by atomic mass is 16.5. The normalized spacial score (nSPS) is 12.7. The van der Waals surface area contributed by atoms with Crippen molar-refractivity contribution in [2.24, 2.45) is 0 Å². The van der Waals surface area contributed by atoms with Crippen molar-refractivity contribution in [2.45, 2.75) is 411 Å². The number of hydrogen-bond donors (Lipinski definition) is 3. The number of carbonyl (C=O) groups excluding carboxylic acids is 2. The Morgan fingerprint density at radius 2 is 0.588 bits per heavy atom. The van der Waals surface area contributed by atoms with Gasteiger partial charge >= 0.3 is 5.97 Å². The van der Waals surface area contributed by atoms with Gasteiger partial charge in [-0.25, -0.2) is 0 Å². The third kappa shape index (κ3) is 65.2. The van der Waals surface area contributed by atoms with Crippen molar-refractivity contribution in [3.63, 3.8) is 0 Å². The summed E-state index contributed by atoms with van der Waals surface area (Å²) in [7, 11) is 0. The first-order valence-corrected chi connectivity index (χ1v) is 36.3. The van der Waals surface area contributed by atoms with E-state index in [1.54, 1.807) is 6.08 Å². The van der Waals surface area contributed by atoms with E-state index in [1.165, 1.54) is 327 Å². The number of amides is 1. The number of esters is 1. The molecule has 2 atom stereocenters. The van der Waals surface area contributed by atoms with Crippen LogP contribution in [0.2, 0.25) is 0 Å². The maximum absolute atomic E-state index is 12.5. The quantitative estimate of drug-likeness (QED) is 0.0320. The van der Waals surface area contributed by atoms with E-state index in [2.05, 4.69) is 43.5 Å². The number of hydrogen-bond acceptors (Lipinski definition) is 5. The summed E-state index contributed by atoms with van der Waals surface area (Å²) in [6.07, 6.45) is 89.4. The van der Waals surface area contributed by atoms with Gasteiger partial charge in [-0.05, 0) is 83.5 Å². The molecule has 0 fully saturated rings. The van der Waals surface area contributed by atoms with Gasteiger partial charge in [-0.2, -0.15) is 0 Å². The molecule has 6 heteroatoms. The number of carbonyl (C=O) groups is 2. The molecule has 0 radical (unpaired) electrons. The van der Waals surface area contributed by atoms with E-state index >= 15 is 0 Å². The Bertz CT molecular complexity index is 1300. The lowest BCUT2D eigenvalue weighted by molar-refractivity contribution is -0.143. The largest absolute Gasteiger partial charge is 0.466 e. The molecule has 0 aromatic carbocycles. The monoisotopic (exact) mass is 1120 g/mol. The van der Waals surface area contributed by atoms with Crippen molar-refractivity contribution in [3.8, 4) is 0 Å². The standard InChI is InChI=1S/C74H141NO5/c1-3-5-7-9-11-13-15-17-19-20-21-29-32-35-39-42-46-50-54-58-62-66-72(77)71(70-76)75-73(78)67-63-59-55-51-47-43-40-36-33-30-27-25-23-22-24-26-28-31-34-37-41-45-49-53-57-61-65-69-80-74(79)68-64-60-56-52-48-44-38-18-16-14-12-10-8-6-4-2/h18,22-23,38,62,66,71-72,76-77H,3-17,19-21,24-37,39-61,63-65,67-70H2,1-2H3,(H,75,78)/b23-22-,38-18-,66-62+. The minimum atomic E-state index is -0.846. The van der Waals surface area contributed by atoms with Crippen molar-refractivity contribution in [2.75, 3.05) is 13.2 Å². The molecule has 0 spiro atoms. The van der Waals surface area contributed by atoms with E-state index in [0.717, 1.165) is 44.9 Å².